The van der Waals surface area contributed by atoms with E-state index in [0.29, 0.717) is 10.4 Å². The lowest BCUT2D eigenvalue weighted by Crippen LogP contribution is -2.41. The number of ether oxygens (including phenoxy) is 1. The van der Waals surface area contributed by atoms with Crippen molar-refractivity contribution in [3.8, 4) is 0 Å². The van der Waals surface area contributed by atoms with E-state index in [1.807, 2.05) is 13.8 Å². The Morgan fingerprint density at radius 1 is 1.57 bits per heavy atom. The molecular formula is C13H19F2N3O3. The lowest BCUT2D eigenvalue weighted by molar-refractivity contribution is -0.140. The van der Waals surface area contributed by atoms with Crippen LogP contribution in [0.3, 0.4) is 0 Å². The van der Waals surface area contributed by atoms with Crippen LogP contribution in [0.5, 0.6) is 0 Å². The molecule has 0 radical (unpaired) electrons. The van der Waals surface area contributed by atoms with Crippen molar-refractivity contribution in [1.82, 2.24) is 9.55 Å². The van der Waals surface area contributed by atoms with Gasteiger partial charge >= 0.3 is 11.6 Å². The van der Waals surface area contributed by atoms with Crippen molar-refractivity contribution in [2.24, 2.45) is 0 Å². The van der Waals surface area contributed by atoms with Gasteiger partial charge in [0.05, 0.1) is 6.10 Å². The van der Waals surface area contributed by atoms with Gasteiger partial charge in [-0.25, -0.2) is 4.79 Å². The smallest absolute Gasteiger partial charge is 0.351 e. The maximum atomic E-state index is 14.0. The molecule has 0 unspecified atom stereocenters. The molecule has 0 aliphatic carbocycles. The number of nitrogens with one attached hydrogen (secondary N) is 1. The molecule has 21 heavy (non-hydrogen) atoms. The molecule has 0 bridgehead atoms. The van der Waals surface area contributed by atoms with E-state index in [0.717, 1.165) is 0 Å². The third kappa shape index (κ3) is 2.91. The summed E-state index contributed by atoms with van der Waals surface area (Å²) in [6.07, 6.45) is -3.37. The Morgan fingerprint density at radius 3 is 2.71 bits per heavy atom. The van der Waals surface area contributed by atoms with Crippen LogP contribution in [-0.4, -0.2) is 38.8 Å². The number of hydrogen-bond acceptors (Lipinski definition) is 5. The minimum absolute atomic E-state index is 0.0585. The molecule has 1 aliphatic rings. The van der Waals surface area contributed by atoms with Crippen LogP contribution >= 0.6 is 0 Å². The minimum atomic E-state index is -3.54. The summed E-state index contributed by atoms with van der Waals surface area (Å²) in [7, 11) is 0. The number of halogens is 2. The Kier molecular flexibility index (Phi) is 4.29. The van der Waals surface area contributed by atoms with Gasteiger partial charge in [-0.15, -0.1) is 0 Å². The second kappa shape index (κ2) is 5.69. The highest BCUT2D eigenvalue weighted by atomic mass is 19.3. The molecule has 1 aromatic rings. The van der Waals surface area contributed by atoms with E-state index in [1.54, 1.807) is 6.92 Å². The average molecular weight is 303 g/mol. The molecule has 0 amide bonds. The van der Waals surface area contributed by atoms with Gasteiger partial charge in [-0.1, -0.05) is 6.92 Å². The molecule has 1 saturated heterocycles. The Morgan fingerprint density at radius 2 is 2.24 bits per heavy atom. The lowest BCUT2D eigenvalue weighted by atomic mass is 10.1. The largest absolute Gasteiger partial charge is 0.384 e. The summed E-state index contributed by atoms with van der Waals surface area (Å²) in [5, 5.41) is 12.5. The Labute approximate surface area is 120 Å². The number of hydrogen-bond donors (Lipinski definition) is 2. The summed E-state index contributed by atoms with van der Waals surface area (Å²) >= 11 is 0. The number of aliphatic hydroxyl groups is 1. The van der Waals surface area contributed by atoms with Crippen LogP contribution in [0.25, 0.3) is 0 Å². The van der Waals surface area contributed by atoms with Crippen molar-refractivity contribution in [1.29, 1.82) is 0 Å². The van der Waals surface area contributed by atoms with Crippen molar-refractivity contribution < 1.29 is 18.6 Å². The molecule has 1 fully saturated rings. The van der Waals surface area contributed by atoms with Crippen molar-refractivity contribution in [2.45, 2.75) is 57.6 Å². The van der Waals surface area contributed by atoms with E-state index in [-0.39, 0.29) is 12.5 Å². The van der Waals surface area contributed by atoms with Crippen LogP contribution in [-0.2, 0) is 4.74 Å². The standard InChI is InChI=1S/C13H19F2N3O3/c1-4-8-10(19)13(14,15)11(21-8)18-6-5-9(16-7(2)3)17-12(18)20/h5-8,10-11,19H,4H2,1-3H3,(H,16,17,20)/t8-,10-,11-/m1/s1. The summed E-state index contributed by atoms with van der Waals surface area (Å²) in [5.74, 6) is -3.24. The molecule has 0 aromatic carbocycles. The third-order valence-electron chi connectivity index (χ3n) is 3.30. The molecule has 8 heteroatoms. The van der Waals surface area contributed by atoms with E-state index >= 15 is 0 Å². The van der Waals surface area contributed by atoms with E-state index in [9.17, 15) is 18.7 Å². The molecule has 1 aromatic heterocycles. The van der Waals surface area contributed by atoms with Gasteiger partial charge in [0.25, 0.3) is 0 Å². The number of aromatic nitrogens is 2. The Bertz CT molecular complexity index is 562. The highest BCUT2D eigenvalue weighted by Gasteiger charge is 2.59. The molecular weight excluding hydrogens is 284 g/mol. The molecule has 0 saturated carbocycles. The van der Waals surface area contributed by atoms with Gasteiger partial charge in [-0.2, -0.15) is 13.8 Å². The first-order valence-electron chi connectivity index (χ1n) is 6.84. The van der Waals surface area contributed by atoms with Crippen LogP contribution in [0.15, 0.2) is 17.1 Å². The highest BCUT2D eigenvalue weighted by Crippen LogP contribution is 2.42. The van der Waals surface area contributed by atoms with E-state index in [4.69, 9.17) is 4.74 Å². The second-order valence-electron chi connectivity index (χ2n) is 5.36. The summed E-state index contributed by atoms with van der Waals surface area (Å²) in [6.45, 7) is 5.36. The number of alkyl halides is 2. The fourth-order valence-corrected chi connectivity index (χ4v) is 2.26. The number of anilines is 1. The average Bonchev–Trinajstić information content (AvgIpc) is 2.61. The minimum Gasteiger partial charge on any atom is -0.384 e. The molecule has 6 nitrogen and oxygen atoms in total. The highest BCUT2D eigenvalue weighted by molar-refractivity contribution is 5.32. The van der Waals surface area contributed by atoms with Crippen LogP contribution in [0.4, 0.5) is 14.6 Å². The second-order valence-corrected chi connectivity index (χ2v) is 5.36. The first-order chi connectivity index (χ1) is 9.77. The fourth-order valence-electron chi connectivity index (χ4n) is 2.26. The van der Waals surface area contributed by atoms with Gasteiger partial charge in [-0.05, 0) is 26.3 Å². The van der Waals surface area contributed by atoms with Crippen molar-refractivity contribution in [3.05, 3.63) is 22.7 Å². The van der Waals surface area contributed by atoms with Gasteiger partial charge in [0.1, 0.15) is 11.9 Å². The summed E-state index contributed by atoms with van der Waals surface area (Å²) < 4.78 is 33.9. The molecule has 3 atom stereocenters. The molecule has 2 heterocycles. The van der Waals surface area contributed by atoms with Crippen LogP contribution in [0.2, 0.25) is 0 Å². The zero-order valence-electron chi connectivity index (χ0n) is 12.1. The number of rotatable bonds is 4. The van der Waals surface area contributed by atoms with Crippen molar-refractivity contribution in [3.63, 3.8) is 0 Å². The molecule has 2 rings (SSSR count). The third-order valence-corrected chi connectivity index (χ3v) is 3.30. The topological polar surface area (TPSA) is 76.4 Å². The monoisotopic (exact) mass is 303 g/mol. The summed E-state index contributed by atoms with van der Waals surface area (Å²) in [5.41, 5.74) is -0.853. The van der Waals surface area contributed by atoms with E-state index in [2.05, 4.69) is 10.3 Å². The maximum Gasteiger partial charge on any atom is 0.351 e. The zero-order chi connectivity index (χ0) is 15.8. The Balaban J connectivity index is 2.32. The predicted octanol–water partition coefficient (Wildman–Crippen LogP) is 1.37. The van der Waals surface area contributed by atoms with Crippen LogP contribution in [0, 0.1) is 0 Å². The normalized spacial score (nSPS) is 28.0. The predicted molar refractivity (Wildman–Crippen MR) is 72.4 cm³/mol. The van der Waals surface area contributed by atoms with Crippen LogP contribution < -0.4 is 11.0 Å². The first-order valence-corrected chi connectivity index (χ1v) is 6.84. The maximum absolute atomic E-state index is 14.0. The van der Waals surface area contributed by atoms with Gasteiger partial charge in [0, 0.05) is 12.2 Å². The quantitative estimate of drug-likeness (QED) is 0.878. The lowest BCUT2D eigenvalue weighted by Gasteiger charge is -2.21. The molecule has 2 N–H and O–H groups in total. The first kappa shape index (κ1) is 15.8. The van der Waals surface area contributed by atoms with Crippen molar-refractivity contribution >= 4 is 5.82 Å². The van der Waals surface area contributed by atoms with E-state index in [1.165, 1.54) is 12.3 Å². The SMILES string of the molecule is CC[C@H]1O[C@@H](n2ccc(NC(C)C)nc2=O)C(F)(F)[C@@H]1O. The summed E-state index contributed by atoms with van der Waals surface area (Å²) in [6, 6.07) is 1.48. The van der Waals surface area contributed by atoms with Crippen LogP contribution in [0.1, 0.15) is 33.4 Å². The number of aliphatic hydroxyl groups excluding tert-OH is 1. The fraction of sp³-hybridized carbons (Fsp3) is 0.692. The number of nitrogens with zero attached hydrogens (tertiary/aromatic N) is 2. The zero-order valence-corrected chi connectivity index (χ0v) is 12.1. The summed E-state index contributed by atoms with van der Waals surface area (Å²) in [4.78, 5) is 15.6. The van der Waals surface area contributed by atoms with Gasteiger partial charge in [0.2, 0.25) is 6.23 Å². The van der Waals surface area contributed by atoms with E-state index < -0.39 is 30.0 Å². The Hall–Kier alpha value is -1.54. The van der Waals surface area contributed by atoms with Gasteiger partial charge in [-0.3, -0.25) is 4.57 Å². The molecule has 0 spiro atoms. The molecule has 1 aliphatic heterocycles. The van der Waals surface area contributed by atoms with Gasteiger partial charge < -0.3 is 15.2 Å². The molecule has 118 valence electrons. The van der Waals surface area contributed by atoms with Gasteiger partial charge in [0.15, 0.2) is 0 Å². The van der Waals surface area contributed by atoms with Crippen molar-refractivity contribution in [2.75, 3.05) is 5.32 Å².